The molecule has 0 aliphatic rings. The van der Waals surface area contributed by atoms with Crippen molar-refractivity contribution in [2.45, 2.75) is 6.36 Å². The van der Waals surface area contributed by atoms with Gasteiger partial charge < -0.3 is 4.74 Å². The van der Waals surface area contributed by atoms with Gasteiger partial charge in [-0.15, -0.1) is 13.2 Å². The van der Waals surface area contributed by atoms with E-state index in [-0.39, 0.29) is 57.1 Å². The average Bonchev–Trinajstić information content (AvgIpc) is 2.53. The summed E-state index contributed by atoms with van der Waals surface area (Å²) in [6.07, 6.45) is -1.74. The molecule has 1 aromatic heterocycles. The second kappa shape index (κ2) is 8.28. The van der Waals surface area contributed by atoms with Crippen LogP contribution in [0.5, 0.6) is 5.75 Å². The van der Waals surface area contributed by atoms with Gasteiger partial charge in [-0.05, 0) is 46.4 Å². The summed E-state index contributed by atoms with van der Waals surface area (Å²) >= 11 is 2.02. The number of hydrogen-bond donors (Lipinski definition) is 0. The molecule has 3 aromatic rings. The fourth-order valence-electron chi connectivity index (χ4n) is 2.26. The van der Waals surface area contributed by atoms with Crippen LogP contribution in [0.3, 0.4) is 0 Å². The van der Waals surface area contributed by atoms with E-state index in [2.05, 4.69) is 20.8 Å². The van der Waals surface area contributed by atoms with Crippen molar-refractivity contribution in [1.29, 1.82) is 5.26 Å². The third kappa shape index (κ3) is 4.69. The number of nitriles is 1. The Bertz CT molecular complexity index is 956. The molecule has 1 heterocycles. The Morgan fingerprint density at radius 3 is 2.20 bits per heavy atom. The van der Waals surface area contributed by atoms with Crippen molar-refractivity contribution in [3.8, 4) is 22.9 Å². The van der Waals surface area contributed by atoms with Crippen LogP contribution in [0.15, 0.2) is 42.7 Å². The number of benzene rings is 2. The molecule has 0 atom stereocenters. The van der Waals surface area contributed by atoms with Crippen LogP contribution >= 0.6 is 22.6 Å². The largest absolute Gasteiger partial charge is 0.573 e. The van der Waals surface area contributed by atoms with Gasteiger partial charge in [-0.25, -0.2) is 0 Å². The summed E-state index contributed by atoms with van der Waals surface area (Å²) in [6.45, 7) is 0. The molecule has 0 aliphatic carbocycles. The van der Waals surface area contributed by atoms with E-state index in [1.165, 1.54) is 36.7 Å². The predicted molar refractivity (Wildman–Crippen MR) is 94.8 cm³/mol. The summed E-state index contributed by atoms with van der Waals surface area (Å²) in [5.74, 6) is -0.301. The second-order valence-electron chi connectivity index (χ2n) is 4.72. The molecule has 0 amide bonds. The SMILES string of the molecule is N#Cc1c(I)cc(-c2ccc(OC(F)(F)F)cc2)c2nccnc12.[K]. The molecule has 0 N–H and O–H groups in total. The summed E-state index contributed by atoms with van der Waals surface area (Å²) in [5, 5.41) is 9.28. The first kappa shape index (κ1) is 20.5. The molecular formula is C16H7F3IKN3O. The van der Waals surface area contributed by atoms with Crippen molar-refractivity contribution in [2.75, 3.05) is 0 Å². The normalized spacial score (nSPS) is 10.8. The fourth-order valence-corrected chi connectivity index (χ4v) is 2.95. The number of hydrogen-bond acceptors (Lipinski definition) is 4. The molecule has 0 unspecified atom stereocenters. The van der Waals surface area contributed by atoms with E-state index in [0.29, 0.717) is 31.3 Å². The topological polar surface area (TPSA) is 58.8 Å². The standard InChI is InChI=1S/C16H7F3IN3O.K/c17-16(18,19)24-10-3-1-9(2-4-10)11-7-13(20)12(8-21)15-14(11)22-5-6-23-15;/h1-7H;. The Labute approximate surface area is 197 Å². The van der Waals surface area contributed by atoms with Gasteiger partial charge in [0.1, 0.15) is 17.3 Å². The summed E-state index contributed by atoms with van der Waals surface area (Å²) in [6, 6.07) is 9.33. The van der Waals surface area contributed by atoms with Gasteiger partial charge in [0.2, 0.25) is 0 Å². The number of halogens is 4. The van der Waals surface area contributed by atoms with Crippen LogP contribution in [-0.4, -0.2) is 67.7 Å². The Morgan fingerprint density at radius 1 is 1.04 bits per heavy atom. The van der Waals surface area contributed by atoms with E-state index in [0.717, 1.165) is 0 Å². The molecule has 25 heavy (non-hydrogen) atoms. The van der Waals surface area contributed by atoms with Crippen LogP contribution in [0.1, 0.15) is 5.56 Å². The molecule has 0 fully saturated rings. The minimum atomic E-state index is -4.73. The zero-order chi connectivity index (χ0) is 17.3. The quantitative estimate of drug-likeness (QED) is 0.406. The average molecular weight is 480 g/mol. The minimum Gasteiger partial charge on any atom is -0.406 e. The number of ether oxygens (including phenoxy) is 1. The predicted octanol–water partition coefficient (Wildman–Crippen LogP) is 4.29. The number of rotatable bonds is 2. The first-order valence-corrected chi connectivity index (χ1v) is 7.66. The second-order valence-corrected chi connectivity index (χ2v) is 5.88. The first-order valence-electron chi connectivity index (χ1n) is 6.58. The summed E-state index contributed by atoms with van der Waals surface area (Å²) in [5.41, 5.74) is 2.72. The molecule has 3 rings (SSSR count). The Balaban J connectivity index is 0.00000225. The summed E-state index contributed by atoms with van der Waals surface area (Å²) < 4.78 is 41.3. The van der Waals surface area contributed by atoms with Gasteiger partial charge in [0.15, 0.2) is 0 Å². The van der Waals surface area contributed by atoms with Crippen LogP contribution in [0.2, 0.25) is 0 Å². The first-order chi connectivity index (χ1) is 11.4. The Morgan fingerprint density at radius 2 is 1.64 bits per heavy atom. The van der Waals surface area contributed by atoms with Crippen LogP contribution in [0, 0.1) is 14.9 Å². The van der Waals surface area contributed by atoms with Gasteiger partial charge in [0, 0.05) is 72.9 Å². The van der Waals surface area contributed by atoms with E-state index in [1.807, 2.05) is 22.6 Å². The van der Waals surface area contributed by atoms with Crippen molar-refractivity contribution in [1.82, 2.24) is 9.97 Å². The maximum absolute atomic E-state index is 12.2. The van der Waals surface area contributed by atoms with E-state index < -0.39 is 6.36 Å². The van der Waals surface area contributed by atoms with Crippen molar-refractivity contribution in [3.63, 3.8) is 0 Å². The molecule has 2 aromatic carbocycles. The number of alkyl halides is 3. The molecule has 0 bridgehead atoms. The molecule has 0 spiro atoms. The summed E-state index contributed by atoms with van der Waals surface area (Å²) in [7, 11) is 0. The number of fused-ring (bicyclic) bond motifs is 1. The van der Waals surface area contributed by atoms with Gasteiger partial charge >= 0.3 is 6.36 Å². The monoisotopic (exact) mass is 480 g/mol. The molecule has 0 saturated heterocycles. The van der Waals surface area contributed by atoms with Crippen molar-refractivity contribution in [2.24, 2.45) is 0 Å². The van der Waals surface area contributed by atoms with Crippen LogP contribution in [0.25, 0.3) is 22.2 Å². The van der Waals surface area contributed by atoms with Crippen LogP contribution < -0.4 is 4.74 Å². The Hall–Kier alpha value is -0.774. The van der Waals surface area contributed by atoms with Crippen molar-refractivity contribution in [3.05, 3.63) is 51.9 Å². The molecule has 1 radical (unpaired) electrons. The number of aromatic nitrogens is 2. The molecular weight excluding hydrogens is 473 g/mol. The molecule has 121 valence electrons. The zero-order valence-corrected chi connectivity index (χ0v) is 18.1. The molecule has 4 nitrogen and oxygen atoms in total. The maximum Gasteiger partial charge on any atom is 0.573 e. The smallest absolute Gasteiger partial charge is 0.406 e. The van der Waals surface area contributed by atoms with Crippen molar-refractivity contribution < 1.29 is 17.9 Å². The summed E-state index contributed by atoms with van der Waals surface area (Å²) in [4.78, 5) is 8.46. The van der Waals surface area contributed by atoms with Crippen LogP contribution in [0.4, 0.5) is 13.2 Å². The van der Waals surface area contributed by atoms with E-state index in [4.69, 9.17) is 0 Å². The Kier molecular flexibility index (Phi) is 6.80. The van der Waals surface area contributed by atoms with Crippen LogP contribution in [-0.2, 0) is 0 Å². The third-order valence-electron chi connectivity index (χ3n) is 3.21. The minimum absolute atomic E-state index is 0. The van der Waals surface area contributed by atoms with Gasteiger partial charge in [0.05, 0.1) is 11.1 Å². The van der Waals surface area contributed by atoms with Gasteiger partial charge in [-0.3, -0.25) is 9.97 Å². The van der Waals surface area contributed by atoms with Gasteiger partial charge in [-0.2, -0.15) is 5.26 Å². The van der Waals surface area contributed by atoms with E-state index in [1.54, 1.807) is 6.07 Å². The van der Waals surface area contributed by atoms with E-state index in [9.17, 15) is 18.4 Å². The van der Waals surface area contributed by atoms with Gasteiger partial charge in [-0.1, -0.05) is 12.1 Å². The zero-order valence-electron chi connectivity index (χ0n) is 12.8. The third-order valence-corrected chi connectivity index (χ3v) is 4.06. The fraction of sp³-hybridized carbons (Fsp3) is 0.0625. The van der Waals surface area contributed by atoms with Crippen molar-refractivity contribution >= 4 is 85.0 Å². The number of nitrogens with zero attached hydrogens (tertiary/aromatic N) is 3. The molecule has 0 aliphatic heterocycles. The molecule has 0 saturated carbocycles. The molecule has 9 heteroatoms. The maximum atomic E-state index is 12.2. The van der Waals surface area contributed by atoms with Gasteiger partial charge in [0.25, 0.3) is 0 Å². The van der Waals surface area contributed by atoms with E-state index >= 15 is 0 Å².